The predicted molar refractivity (Wildman–Crippen MR) is 113 cm³/mol. The molecule has 0 spiro atoms. The van der Waals surface area contributed by atoms with E-state index in [0.717, 1.165) is 43.7 Å². The fraction of sp³-hybridized carbons (Fsp3) is 0.667. The molecule has 0 unspecified atom stereocenters. The molecule has 0 radical (unpaired) electrons. The van der Waals surface area contributed by atoms with Crippen molar-refractivity contribution in [1.29, 1.82) is 0 Å². The Balaban J connectivity index is 1.33. The lowest BCUT2D eigenvalue weighted by molar-refractivity contribution is 0.0301. The number of hydrogen-bond donors (Lipinski definition) is 1. The Bertz CT molecular complexity index is 848. The van der Waals surface area contributed by atoms with Crippen LogP contribution in [0.25, 0.3) is 0 Å². The van der Waals surface area contributed by atoms with Crippen molar-refractivity contribution in [2.24, 2.45) is 5.92 Å². The van der Waals surface area contributed by atoms with Crippen LogP contribution in [-0.2, 0) is 29.7 Å². The van der Waals surface area contributed by atoms with Crippen molar-refractivity contribution >= 4 is 17.2 Å². The fourth-order valence-corrected chi connectivity index (χ4v) is 4.86. The molecule has 8 heteroatoms. The standard InChI is InChI=1S/C21H31N5O2S/c1-21(2,3)20-23-13-16(29-20)12-22-11-15-4-5-26-18(10-15)17(14-24-26)19(27)25-6-8-28-9-7-25/h13-15,22H,4-12H2,1-3H3/t15-/m1/s1. The van der Waals surface area contributed by atoms with Crippen LogP contribution in [0.3, 0.4) is 0 Å². The van der Waals surface area contributed by atoms with Crippen molar-refractivity contribution in [2.45, 2.75) is 52.1 Å². The molecule has 29 heavy (non-hydrogen) atoms. The maximum absolute atomic E-state index is 12.9. The molecule has 1 atom stereocenters. The number of thiazole rings is 1. The molecule has 0 saturated carbocycles. The molecule has 1 saturated heterocycles. The van der Waals surface area contributed by atoms with Crippen LogP contribution in [-0.4, -0.2) is 58.4 Å². The van der Waals surface area contributed by atoms with E-state index >= 15 is 0 Å². The molecular weight excluding hydrogens is 386 g/mol. The number of nitrogens with one attached hydrogen (secondary N) is 1. The minimum atomic E-state index is 0.0996. The van der Waals surface area contributed by atoms with E-state index in [1.807, 2.05) is 15.8 Å². The second kappa shape index (κ2) is 8.53. The molecule has 0 aliphatic carbocycles. The van der Waals surface area contributed by atoms with Crippen molar-refractivity contribution < 1.29 is 9.53 Å². The molecule has 4 rings (SSSR count). The van der Waals surface area contributed by atoms with Gasteiger partial charge < -0.3 is 15.0 Å². The van der Waals surface area contributed by atoms with Gasteiger partial charge in [-0.25, -0.2) is 4.98 Å². The average Bonchev–Trinajstić information content (AvgIpc) is 3.35. The highest BCUT2D eigenvalue weighted by atomic mass is 32.1. The molecule has 1 N–H and O–H groups in total. The highest BCUT2D eigenvalue weighted by Gasteiger charge is 2.28. The number of hydrogen-bond acceptors (Lipinski definition) is 6. The summed E-state index contributed by atoms with van der Waals surface area (Å²) < 4.78 is 7.39. The topological polar surface area (TPSA) is 72.3 Å². The van der Waals surface area contributed by atoms with E-state index in [0.29, 0.717) is 32.2 Å². The second-order valence-electron chi connectivity index (χ2n) is 9.00. The third-order valence-electron chi connectivity index (χ3n) is 5.64. The summed E-state index contributed by atoms with van der Waals surface area (Å²) in [4.78, 5) is 20.7. The molecule has 0 aromatic carbocycles. The third kappa shape index (κ3) is 4.70. The first-order chi connectivity index (χ1) is 13.9. The minimum absolute atomic E-state index is 0.0996. The number of aryl methyl sites for hydroxylation is 1. The summed E-state index contributed by atoms with van der Waals surface area (Å²) >= 11 is 1.79. The largest absolute Gasteiger partial charge is 0.378 e. The summed E-state index contributed by atoms with van der Waals surface area (Å²) in [5.41, 5.74) is 1.97. The maximum atomic E-state index is 12.9. The van der Waals surface area contributed by atoms with Crippen molar-refractivity contribution in [2.75, 3.05) is 32.8 Å². The van der Waals surface area contributed by atoms with Gasteiger partial charge in [0.05, 0.1) is 35.7 Å². The number of amides is 1. The van der Waals surface area contributed by atoms with Gasteiger partial charge in [0.2, 0.25) is 0 Å². The molecule has 1 amide bonds. The van der Waals surface area contributed by atoms with E-state index in [1.165, 1.54) is 9.88 Å². The lowest BCUT2D eigenvalue weighted by atomic mass is 9.94. The number of morpholine rings is 1. The highest BCUT2D eigenvalue weighted by molar-refractivity contribution is 7.11. The van der Waals surface area contributed by atoms with E-state index in [1.54, 1.807) is 17.5 Å². The van der Waals surface area contributed by atoms with Gasteiger partial charge in [-0.05, 0) is 25.3 Å². The van der Waals surface area contributed by atoms with Crippen LogP contribution in [0.15, 0.2) is 12.4 Å². The molecule has 158 valence electrons. The number of rotatable bonds is 5. The normalized spacial score (nSPS) is 20.0. The zero-order valence-corrected chi connectivity index (χ0v) is 18.4. The minimum Gasteiger partial charge on any atom is -0.378 e. The van der Waals surface area contributed by atoms with E-state index in [-0.39, 0.29) is 11.3 Å². The summed E-state index contributed by atoms with van der Waals surface area (Å²) in [6.07, 6.45) is 5.73. The Morgan fingerprint density at radius 2 is 2.07 bits per heavy atom. The van der Waals surface area contributed by atoms with Crippen molar-refractivity contribution in [3.05, 3.63) is 33.5 Å². The molecule has 2 aromatic rings. The average molecular weight is 418 g/mol. The first-order valence-corrected chi connectivity index (χ1v) is 11.3. The Hall–Kier alpha value is -1.77. The summed E-state index contributed by atoms with van der Waals surface area (Å²) in [6.45, 7) is 11.8. The van der Waals surface area contributed by atoms with Gasteiger partial charge in [-0.15, -0.1) is 11.3 Å². The van der Waals surface area contributed by atoms with Gasteiger partial charge in [0.25, 0.3) is 5.91 Å². The second-order valence-corrected chi connectivity index (χ2v) is 10.1. The van der Waals surface area contributed by atoms with Crippen LogP contribution >= 0.6 is 11.3 Å². The lowest BCUT2D eigenvalue weighted by Gasteiger charge is -2.28. The Morgan fingerprint density at radius 1 is 1.28 bits per heavy atom. The molecule has 2 aromatic heterocycles. The van der Waals surface area contributed by atoms with Gasteiger partial charge in [0, 0.05) is 42.7 Å². The first-order valence-electron chi connectivity index (χ1n) is 10.5. The molecule has 4 heterocycles. The monoisotopic (exact) mass is 417 g/mol. The molecule has 2 aliphatic heterocycles. The van der Waals surface area contributed by atoms with Gasteiger partial charge in [0.15, 0.2) is 0 Å². The first kappa shape index (κ1) is 20.5. The van der Waals surface area contributed by atoms with E-state index in [2.05, 4.69) is 36.2 Å². The Kier molecular flexibility index (Phi) is 6.03. The zero-order chi connectivity index (χ0) is 20.4. The number of carbonyl (C=O) groups excluding carboxylic acids is 1. The SMILES string of the molecule is CC(C)(C)c1ncc(CNC[C@@H]2CCn3ncc(C(=O)N4CCOCC4)c3C2)s1. The summed E-state index contributed by atoms with van der Waals surface area (Å²) in [7, 11) is 0. The smallest absolute Gasteiger partial charge is 0.257 e. The number of nitrogens with zero attached hydrogens (tertiary/aromatic N) is 4. The van der Waals surface area contributed by atoms with Gasteiger partial charge in [0.1, 0.15) is 0 Å². The van der Waals surface area contributed by atoms with Crippen LogP contribution < -0.4 is 5.32 Å². The van der Waals surface area contributed by atoms with E-state index < -0.39 is 0 Å². The highest BCUT2D eigenvalue weighted by Crippen LogP contribution is 2.27. The molecule has 0 bridgehead atoms. The zero-order valence-electron chi connectivity index (χ0n) is 17.6. The van der Waals surface area contributed by atoms with Crippen LogP contribution in [0.5, 0.6) is 0 Å². The van der Waals surface area contributed by atoms with E-state index in [9.17, 15) is 4.79 Å². The third-order valence-corrected chi connectivity index (χ3v) is 7.06. The van der Waals surface area contributed by atoms with Crippen LogP contribution in [0.2, 0.25) is 0 Å². The lowest BCUT2D eigenvalue weighted by Crippen LogP contribution is -2.41. The summed E-state index contributed by atoms with van der Waals surface area (Å²) in [5.74, 6) is 0.618. The van der Waals surface area contributed by atoms with Crippen molar-refractivity contribution in [1.82, 2.24) is 25.0 Å². The number of ether oxygens (including phenoxy) is 1. The van der Waals surface area contributed by atoms with Crippen molar-refractivity contribution in [3.63, 3.8) is 0 Å². The number of fused-ring (bicyclic) bond motifs is 1. The number of aromatic nitrogens is 3. The van der Waals surface area contributed by atoms with Gasteiger partial charge in [-0.2, -0.15) is 5.10 Å². The molecule has 1 fully saturated rings. The van der Waals surface area contributed by atoms with E-state index in [4.69, 9.17) is 4.74 Å². The maximum Gasteiger partial charge on any atom is 0.257 e. The quantitative estimate of drug-likeness (QED) is 0.809. The molecule has 2 aliphatic rings. The predicted octanol–water partition coefficient (Wildman–Crippen LogP) is 2.46. The van der Waals surface area contributed by atoms with Gasteiger partial charge >= 0.3 is 0 Å². The Morgan fingerprint density at radius 3 is 2.79 bits per heavy atom. The van der Waals surface area contributed by atoms with Crippen LogP contribution in [0.4, 0.5) is 0 Å². The molecular formula is C21H31N5O2S. The molecule has 7 nitrogen and oxygen atoms in total. The summed E-state index contributed by atoms with van der Waals surface area (Å²) in [6, 6.07) is 0. The van der Waals surface area contributed by atoms with Crippen LogP contribution in [0, 0.1) is 5.92 Å². The van der Waals surface area contributed by atoms with Gasteiger partial charge in [-0.1, -0.05) is 20.8 Å². The van der Waals surface area contributed by atoms with Gasteiger partial charge in [-0.3, -0.25) is 9.48 Å². The summed E-state index contributed by atoms with van der Waals surface area (Å²) in [5, 5.41) is 9.25. The van der Waals surface area contributed by atoms with Crippen LogP contribution in [0.1, 0.15) is 53.1 Å². The fourth-order valence-electron chi connectivity index (χ4n) is 3.92. The van der Waals surface area contributed by atoms with Crippen molar-refractivity contribution in [3.8, 4) is 0 Å². The number of carbonyl (C=O) groups is 1. The Labute approximate surface area is 176 Å².